The number of hydrogen-bond acceptors (Lipinski definition) is 2. The Morgan fingerprint density at radius 2 is 2.10 bits per heavy atom. The Morgan fingerprint density at radius 3 is 2.40 bits per heavy atom. The third-order valence-corrected chi connectivity index (χ3v) is 0.865. The average molecular weight is 148 g/mol. The lowest BCUT2D eigenvalue weighted by Crippen LogP contribution is -2.22. The zero-order valence-electron chi connectivity index (χ0n) is 6.61. The highest BCUT2D eigenvalue weighted by Crippen LogP contribution is 2.08. The first-order valence-electron chi connectivity index (χ1n) is 3.30. The Morgan fingerprint density at radius 1 is 1.60 bits per heavy atom. The molecule has 10 heavy (non-hydrogen) atoms. The van der Waals surface area contributed by atoms with Gasteiger partial charge in [0.1, 0.15) is 12.3 Å². The summed E-state index contributed by atoms with van der Waals surface area (Å²) in [6, 6.07) is 0. The molecule has 0 fully saturated rings. The third kappa shape index (κ3) is 5.54. The van der Waals surface area contributed by atoms with Crippen LogP contribution in [0.1, 0.15) is 27.2 Å². The van der Waals surface area contributed by atoms with Gasteiger partial charge in [-0.1, -0.05) is 6.92 Å². The van der Waals surface area contributed by atoms with Crippen LogP contribution in [0.25, 0.3) is 0 Å². The van der Waals surface area contributed by atoms with Crippen molar-refractivity contribution in [1.29, 1.82) is 0 Å². The molecule has 60 valence electrons. The molecular weight excluding hydrogens is 135 g/mol. The molecule has 0 bridgehead atoms. The van der Waals surface area contributed by atoms with E-state index in [0.29, 0.717) is 6.42 Å². The maximum atomic E-state index is 12.6. The Balaban J connectivity index is 3.46. The topological polar surface area (TPSA) is 26.3 Å². The minimum absolute atomic E-state index is 0.153. The van der Waals surface area contributed by atoms with Gasteiger partial charge >= 0.3 is 5.97 Å². The van der Waals surface area contributed by atoms with Crippen molar-refractivity contribution < 1.29 is 13.9 Å². The highest BCUT2D eigenvalue weighted by atomic mass is 19.1. The zero-order valence-corrected chi connectivity index (χ0v) is 6.61. The molecule has 0 aromatic rings. The van der Waals surface area contributed by atoms with Crippen LogP contribution in [0, 0.1) is 0 Å². The van der Waals surface area contributed by atoms with E-state index in [9.17, 15) is 9.18 Å². The zero-order chi connectivity index (χ0) is 8.20. The van der Waals surface area contributed by atoms with E-state index in [4.69, 9.17) is 0 Å². The minimum atomic E-state index is -1.41. The van der Waals surface area contributed by atoms with Gasteiger partial charge in [-0.25, -0.2) is 4.39 Å². The summed E-state index contributed by atoms with van der Waals surface area (Å²) in [5, 5.41) is 0. The number of hydrogen-bond donors (Lipinski definition) is 0. The van der Waals surface area contributed by atoms with Crippen LogP contribution < -0.4 is 0 Å². The predicted molar refractivity (Wildman–Crippen MR) is 36.4 cm³/mol. The fourth-order valence-corrected chi connectivity index (χ4v) is 0.354. The number of carbonyl (C=O) groups is 1. The minimum Gasteiger partial charge on any atom is -0.462 e. The van der Waals surface area contributed by atoms with Gasteiger partial charge in [0, 0.05) is 6.42 Å². The van der Waals surface area contributed by atoms with E-state index in [1.807, 2.05) is 0 Å². The van der Waals surface area contributed by atoms with Gasteiger partial charge in [-0.2, -0.15) is 0 Å². The highest BCUT2D eigenvalue weighted by molar-refractivity contribution is 5.68. The lowest BCUT2D eigenvalue weighted by molar-refractivity contribution is -0.146. The standard InChI is InChI=1S/C7H13FO2/c1-4-6(9)10-5-7(2,3)8/h4-5H2,1-3H3. The molecule has 2 nitrogen and oxygen atoms in total. The second-order valence-electron chi connectivity index (χ2n) is 2.73. The van der Waals surface area contributed by atoms with E-state index >= 15 is 0 Å². The predicted octanol–water partition coefficient (Wildman–Crippen LogP) is 1.69. The van der Waals surface area contributed by atoms with Crippen molar-refractivity contribution in [3.63, 3.8) is 0 Å². The number of ether oxygens (including phenoxy) is 1. The van der Waals surface area contributed by atoms with Crippen molar-refractivity contribution in [3.05, 3.63) is 0 Å². The van der Waals surface area contributed by atoms with Gasteiger partial charge in [-0.05, 0) is 13.8 Å². The summed E-state index contributed by atoms with van der Waals surface area (Å²) in [7, 11) is 0. The van der Waals surface area contributed by atoms with Crippen molar-refractivity contribution >= 4 is 5.97 Å². The van der Waals surface area contributed by atoms with E-state index in [-0.39, 0.29) is 12.6 Å². The van der Waals surface area contributed by atoms with Crippen molar-refractivity contribution in [2.24, 2.45) is 0 Å². The van der Waals surface area contributed by atoms with Gasteiger partial charge in [-0.3, -0.25) is 4.79 Å². The van der Waals surface area contributed by atoms with E-state index in [0.717, 1.165) is 0 Å². The largest absolute Gasteiger partial charge is 0.462 e. The third-order valence-electron chi connectivity index (χ3n) is 0.865. The van der Waals surface area contributed by atoms with Crippen LogP contribution in [0.2, 0.25) is 0 Å². The fourth-order valence-electron chi connectivity index (χ4n) is 0.354. The lowest BCUT2D eigenvalue weighted by Gasteiger charge is -2.13. The molecule has 3 heteroatoms. The second-order valence-corrected chi connectivity index (χ2v) is 2.73. The van der Waals surface area contributed by atoms with Crippen molar-refractivity contribution in [2.75, 3.05) is 6.61 Å². The number of alkyl halides is 1. The van der Waals surface area contributed by atoms with E-state index in [1.54, 1.807) is 6.92 Å². The number of esters is 1. The summed E-state index contributed by atoms with van der Waals surface area (Å²) in [6.45, 7) is 4.26. The molecule has 0 aliphatic carbocycles. The monoisotopic (exact) mass is 148 g/mol. The molecule has 0 rings (SSSR count). The SMILES string of the molecule is CCC(=O)OCC(C)(C)F. The van der Waals surface area contributed by atoms with E-state index in [1.165, 1.54) is 13.8 Å². The van der Waals surface area contributed by atoms with Crippen molar-refractivity contribution in [1.82, 2.24) is 0 Å². The van der Waals surface area contributed by atoms with Gasteiger partial charge in [0.05, 0.1) is 0 Å². The summed E-state index contributed by atoms with van der Waals surface area (Å²) in [6.07, 6.45) is 0.302. The van der Waals surface area contributed by atoms with E-state index in [2.05, 4.69) is 4.74 Å². The van der Waals surface area contributed by atoms with Crippen LogP contribution in [0.4, 0.5) is 4.39 Å². The molecule has 0 spiro atoms. The van der Waals surface area contributed by atoms with Crippen LogP contribution in [0.5, 0.6) is 0 Å². The molecule has 0 N–H and O–H groups in total. The van der Waals surface area contributed by atoms with Crippen LogP contribution in [0.3, 0.4) is 0 Å². The van der Waals surface area contributed by atoms with Gasteiger partial charge in [0.25, 0.3) is 0 Å². The van der Waals surface area contributed by atoms with E-state index < -0.39 is 5.67 Å². The molecular formula is C7H13FO2. The van der Waals surface area contributed by atoms with Crippen LogP contribution in [-0.2, 0) is 9.53 Å². The van der Waals surface area contributed by atoms with Crippen LogP contribution in [0.15, 0.2) is 0 Å². The van der Waals surface area contributed by atoms with Gasteiger partial charge < -0.3 is 4.74 Å². The first kappa shape index (κ1) is 9.40. The maximum Gasteiger partial charge on any atom is 0.305 e. The van der Waals surface area contributed by atoms with Crippen LogP contribution >= 0.6 is 0 Å². The summed E-state index contributed by atoms with van der Waals surface area (Å²) < 4.78 is 17.2. The first-order valence-corrected chi connectivity index (χ1v) is 3.30. The number of carbonyl (C=O) groups excluding carboxylic acids is 1. The molecule has 0 aromatic carbocycles. The first-order chi connectivity index (χ1) is 4.45. The Kier molecular flexibility index (Phi) is 3.33. The van der Waals surface area contributed by atoms with Gasteiger partial charge in [0.15, 0.2) is 0 Å². The summed E-state index contributed by atoms with van der Waals surface area (Å²) in [4.78, 5) is 10.5. The molecule has 0 aromatic heterocycles. The Labute approximate surface area is 60.4 Å². The molecule has 0 saturated heterocycles. The second kappa shape index (κ2) is 3.54. The van der Waals surface area contributed by atoms with Crippen molar-refractivity contribution in [2.45, 2.75) is 32.9 Å². The molecule has 0 heterocycles. The summed E-state index contributed by atoms with van der Waals surface area (Å²) in [5.41, 5.74) is -1.41. The van der Waals surface area contributed by atoms with Crippen molar-refractivity contribution in [3.8, 4) is 0 Å². The Hall–Kier alpha value is -0.600. The van der Waals surface area contributed by atoms with Gasteiger partial charge in [0.2, 0.25) is 0 Å². The summed E-state index contributed by atoms with van der Waals surface area (Å²) >= 11 is 0. The molecule has 0 aliphatic heterocycles. The molecule has 0 saturated carbocycles. The molecule has 0 atom stereocenters. The molecule has 0 aliphatic rings. The molecule has 0 radical (unpaired) electrons. The Bertz CT molecular complexity index is 115. The molecule has 0 unspecified atom stereocenters. The quantitative estimate of drug-likeness (QED) is 0.569. The fraction of sp³-hybridized carbons (Fsp3) is 0.857. The molecule has 0 amide bonds. The average Bonchev–Trinajstić information content (AvgIpc) is 1.81. The smallest absolute Gasteiger partial charge is 0.305 e. The number of rotatable bonds is 3. The van der Waals surface area contributed by atoms with Gasteiger partial charge in [-0.15, -0.1) is 0 Å². The number of halogens is 1. The van der Waals surface area contributed by atoms with Crippen LogP contribution in [-0.4, -0.2) is 18.2 Å². The summed E-state index contributed by atoms with van der Waals surface area (Å²) in [5.74, 6) is -0.356. The lowest BCUT2D eigenvalue weighted by atomic mass is 10.2. The maximum absolute atomic E-state index is 12.6. The highest BCUT2D eigenvalue weighted by Gasteiger charge is 2.17. The normalized spacial score (nSPS) is 11.2.